The molecule has 1 amide bonds. The second-order valence-electron chi connectivity index (χ2n) is 5.59. The molecule has 8 nitrogen and oxygen atoms in total. The van der Waals surface area contributed by atoms with Crippen LogP contribution in [0.25, 0.3) is 0 Å². The maximum Gasteiger partial charge on any atom is 0.358 e. The molecular weight excluding hydrogens is 262 g/mol. The van der Waals surface area contributed by atoms with Crippen molar-refractivity contribution in [3.63, 3.8) is 0 Å². The van der Waals surface area contributed by atoms with Crippen LogP contribution in [-0.4, -0.2) is 56.5 Å². The molecule has 20 heavy (non-hydrogen) atoms. The van der Waals surface area contributed by atoms with Gasteiger partial charge >= 0.3 is 5.97 Å². The first-order valence-electron chi connectivity index (χ1n) is 6.70. The van der Waals surface area contributed by atoms with Gasteiger partial charge in [0.1, 0.15) is 0 Å². The maximum atomic E-state index is 12.4. The summed E-state index contributed by atoms with van der Waals surface area (Å²) in [6.45, 7) is 1.49. The molecule has 0 atom stereocenters. The molecule has 1 aromatic rings. The van der Waals surface area contributed by atoms with Crippen LogP contribution in [0.1, 0.15) is 35.8 Å². The number of hydrogen-bond donors (Lipinski definition) is 2. The molecule has 0 radical (unpaired) electrons. The molecule has 2 aliphatic rings. The normalized spacial score (nSPS) is 21.1. The van der Waals surface area contributed by atoms with E-state index in [4.69, 9.17) is 10.8 Å². The number of hydrogen-bond acceptors (Lipinski definition) is 5. The Morgan fingerprint density at radius 3 is 2.60 bits per heavy atom. The van der Waals surface area contributed by atoms with Gasteiger partial charge in [-0.15, -0.1) is 5.10 Å². The van der Waals surface area contributed by atoms with Crippen LogP contribution in [0.15, 0.2) is 6.20 Å². The van der Waals surface area contributed by atoms with Crippen LogP contribution in [0.5, 0.6) is 0 Å². The fourth-order valence-corrected chi connectivity index (χ4v) is 2.79. The summed E-state index contributed by atoms with van der Waals surface area (Å²) in [6.07, 6.45) is 4.20. The number of carbonyl (C=O) groups is 2. The van der Waals surface area contributed by atoms with Crippen LogP contribution in [0.3, 0.4) is 0 Å². The number of amides is 1. The molecule has 0 aromatic carbocycles. The van der Waals surface area contributed by atoms with E-state index in [0.29, 0.717) is 19.6 Å². The van der Waals surface area contributed by atoms with E-state index in [1.165, 1.54) is 10.9 Å². The van der Waals surface area contributed by atoms with Crippen molar-refractivity contribution < 1.29 is 14.7 Å². The summed E-state index contributed by atoms with van der Waals surface area (Å²) in [5.41, 5.74) is 5.30. The van der Waals surface area contributed by atoms with Gasteiger partial charge in [0.25, 0.3) is 0 Å². The van der Waals surface area contributed by atoms with Crippen molar-refractivity contribution in [3.05, 3.63) is 11.9 Å². The van der Waals surface area contributed by atoms with Gasteiger partial charge < -0.3 is 15.7 Å². The molecule has 1 aromatic heterocycles. The van der Waals surface area contributed by atoms with Crippen LogP contribution in [-0.2, 0) is 4.79 Å². The molecule has 1 aliphatic heterocycles. The Morgan fingerprint density at radius 1 is 1.45 bits per heavy atom. The molecule has 1 saturated heterocycles. The number of carboxylic acid groups (broad SMARTS) is 1. The monoisotopic (exact) mass is 279 g/mol. The summed E-state index contributed by atoms with van der Waals surface area (Å²) in [7, 11) is 0. The highest BCUT2D eigenvalue weighted by molar-refractivity contribution is 5.85. The van der Waals surface area contributed by atoms with Crippen LogP contribution >= 0.6 is 0 Å². The lowest BCUT2D eigenvalue weighted by molar-refractivity contribution is -0.153. The van der Waals surface area contributed by atoms with Crippen molar-refractivity contribution in [2.24, 2.45) is 11.1 Å². The van der Waals surface area contributed by atoms with Crippen LogP contribution in [0, 0.1) is 5.41 Å². The molecule has 0 bridgehead atoms. The lowest BCUT2D eigenvalue weighted by atomic mass is 9.67. The maximum absolute atomic E-state index is 12.4. The highest BCUT2D eigenvalue weighted by atomic mass is 16.4. The fourth-order valence-electron chi connectivity index (χ4n) is 2.79. The topological polar surface area (TPSA) is 114 Å². The second-order valence-corrected chi connectivity index (χ2v) is 5.59. The van der Waals surface area contributed by atoms with Gasteiger partial charge in [-0.1, -0.05) is 11.6 Å². The average Bonchev–Trinajstić information content (AvgIpc) is 2.75. The highest BCUT2D eigenvalue weighted by Crippen LogP contribution is 2.43. The largest absolute Gasteiger partial charge is 0.476 e. The molecule has 2 heterocycles. The smallest absolute Gasteiger partial charge is 0.358 e. The standard InChI is InChI=1S/C12H17N5O3/c13-7-12(2-1-3-12)11(20)16-4-8(5-16)17-6-9(10(18)19)14-15-17/h6,8H,1-5,7,13H2,(H,18,19). The van der Waals surface area contributed by atoms with Gasteiger partial charge in [-0.25, -0.2) is 9.48 Å². The number of aromatic carboxylic acids is 1. The Hall–Kier alpha value is -1.96. The Bertz CT molecular complexity index is 540. The second kappa shape index (κ2) is 4.55. The minimum Gasteiger partial charge on any atom is -0.476 e. The third-order valence-electron chi connectivity index (χ3n) is 4.41. The SMILES string of the molecule is NCC1(C(=O)N2CC(n3cc(C(=O)O)nn3)C2)CCC1. The zero-order valence-corrected chi connectivity index (χ0v) is 11.0. The van der Waals surface area contributed by atoms with E-state index in [2.05, 4.69) is 10.3 Å². The molecule has 8 heteroatoms. The number of aromatic nitrogens is 3. The van der Waals surface area contributed by atoms with Crippen LogP contribution < -0.4 is 5.73 Å². The van der Waals surface area contributed by atoms with Crippen LogP contribution in [0.4, 0.5) is 0 Å². The fraction of sp³-hybridized carbons (Fsp3) is 0.667. The highest BCUT2D eigenvalue weighted by Gasteiger charge is 2.48. The summed E-state index contributed by atoms with van der Waals surface area (Å²) in [5.74, 6) is -0.971. The predicted molar refractivity (Wildman–Crippen MR) is 67.9 cm³/mol. The number of nitrogens with zero attached hydrogens (tertiary/aromatic N) is 4. The molecule has 0 unspecified atom stereocenters. The first-order valence-corrected chi connectivity index (χ1v) is 6.70. The Kier molecular flexibility index (Phi) is 2.97. The van der Waals surface area contributed by atoms with Crippen molar-refractivity contribution in [2.45, 2.75) is 25.3 Å². The summed E-state index contributed by atoms with van der Waals surface area (Å²) in [5, 5.41) is 16.2. The van der Waals surface area contributed by atoms with Gasteiger partial charge in [-0.05, 0) is 12.8 Å². The van der Waals surface area contributed by atoms with Crippen molar-refractivity contribution in [2.75, 3.05) is 19.6 Å². The zero-order valence-electron chi connectivity index (χ0n) is 11.0. The molecule has 1 saturated carbocycles. The quantitative estimate of drug-likeness (QED) is 0.767. The molecule has 3 rings (SSSR count). The van der Waals surface area contributed by atoms with E-state index in [0.717, 1.165) is 19.3 Å². The van der Waals surface area contributed by atoms with E-state index >= 15 is 0 Å². The molecule has 108 valence electrons. The van der Waals surface area contributed by atoms with E-state index in [1.807, 2.05) is 0 Å². The number of carboxylic acids is 1. The average molecular weight is 279 g/mol. The first-order chi connectivity index (χ1) is 9.55. The number of rotatable bonds is 4. The molecule has 0 spiro atoms. The third kappa shape index (κ3) is 1.87. The Balaban J connectivity index is 1.60. The van der Waals surface area contributed by atoms with E-state index in [1.54, 1.807) is 4.90 Å². The third-order valence-corrected chi connectivity index (χ3v) is 4.41. The van der Waals surface area contributed by atoms with Crippen molar-refractivity contribution in [1.82, 2.24) is 19.9 Å². The molecule has 1 aliphatic carbocycles. The van der Waals surface area contributed by atoms with Crippen molar-refractivity contribution >= 4 is 11.9 Å². The zero-order chi connectivity index (χ0) is 14.3. The van der Waals surface area contributed by atoms with Crippen LogP contribution in [0.2, 0.25) is 0 Å². The Labute approximate surface area is 115 Å². The summed E-state index contributed by atoms with van der Waals surface area (Å²) in [4.78, 5) is 24.9. The van der Waals surface area contributed by atoms with E-state index in [-0.39, 0.29) is 23.1 Å². The van der Waals surface area contributed by atoms with Gasteiger partial charge in [0.15, 0.2) is 5.69 Å². The lowest BCUT2D eigenvalue weighted by Gasteiger charge is -2.48. The summed E-state index contributed by atoms with van der Waals surface area (Å²) in [6, 6.07) is 0.00875. The molecular formula is C12H17N5O3. The van der Waals surface area contributed by atoms with Gasteiger partial charge in [0, 0.05) is 19.6 Å². The first kappa shape index (κ1) is 13.0. The number of carbonyl (C=O) groups excluding carboxylic acids is 1. The van der Waals surface area contributed by atoms with Gasteiger partial charge in [-0.3, -0.25) is 4.79 Å². The molecule has 3 N–H and O–H groups in total. The summed E-state index contributed by atoms with van der Waals surface area (Å²) < 4.78 is 1.52. The number of likely N-dealkylation sites (tertiary alicyclic amines) is 1. The van der Waals surface area contributed by atoms with Gasteiger partial charge in [0.2, 0.25) is 5.91 Å². The van der Waals surface area contributed by atoms with Crippen molar-refractivity contribution in [1.29, 1.82) is 0 Å². The lowest BCUT2D eigenvalue weighted by Crippen LogP contribution is -2.59. The van der Waals surface area contributed by atoms with E-state index < -0.39 is 5.97 Å². The predicted octanol–water partition coefficient (Wildman–Crippen LogP) is -0.511. The van der Waals surface area contributed by atoms with Crippen molar-refractivity contribution in [3.8, 4) is 0 Å². The van der Waals surface area contributed by atoms with Gasteiger partial charge in [0.05, 0.1) is 17.7 Å². The Morgan fingerprint density at radius 2 is 2.15 bits per heavy atom. The minimum atomic E-state index is -1.10. The molecule has 2 fully saturated rings. The summed E-state index contributed by atoms with van der Waals surface area (Å²) >= 11 is 0. The van der Waals surface area contributed by atoms with E-state index in [9.17, 15) is 9.59 Å². The minimum absolute atomic E-state index is 0.00875. The van der Waals surface area contributed by atoms with Gasteiger partial charge in [-0.2, -0.15) is 0 Å². The number of nitrogens with two attached hydrogens (primary N) is 1.